The summed E-state index contributed by atoms with van der Waals surface area (Å²) in [5.41, 5.74) is 3.27. The lowest BCUT2D eigenvalue weighted by atomic mass is 10.1. The molecule has 1 amide bonds. The molecule has 0 fully saturated rings. The highest BCUT2D eigenvalue weighted by atomic mass is 16.1. The van der Waals surface area contributed by atoms with Gasteiger partial charge in [0.1, 0.15) is 12.2 Å². The fourth-order valence-corrected chi connectivity index (χ4v) is 2.65. The van der Waals surface area contributed by atoms with Gasteiger partial charge >= 0.3 is 0 Å². The second kappa shape index (κ2) is 6.72. The van der Waals surface area contributed by atoms with Gasteiger partial charge in [-0.3, -0.25) is 14.2 Å². The number of rotatable bonds is 6. The third kappa shape index (κ3) is 3.35. The standard InChI is InChI=1S/C15H24N6O/c1-6-13(15-16-9-17-21(15)5)18-14(22)8-7-12-10(2)19-20(4)11(12)3/h9,13H,6-8H2,1-5H3,(H,18,22)/t13-/m0/s1. The molecule has 0 unspecified atom stereocenters. The van der Waals surface area contributed by atoms with Crippen molar-refractivity contribution in [2.45, 2.75) is 46.1 Å². The van der Waals surface area contributed by atoms with Crippen molar-refractivity contribution in [2.75, 3.05) is 0 Å². The second-order valence-electron chi connectivity index (χ2n) is 5.54. The third-order valence-corrected chi connectivity index (χ3v) is 4.06. The van der Waals surface area contributed by atoms with Crippen LogP contribution in [0.4, 0.5) is 0 Å². The predicted molar refractivity (Wildman–Crippen MR) is 83.2 cm³/mol. The molecule has 0 bridgehead atoms. The average Bonchev–Trinajstić information content (AvgIpc) is 2.99. The highest BCUT2D eigenvalue weighted by Gasteiger charge is 2.18. The van der Waals surface area contributed by atoms with Crippen molar-refractivity contribution in [3.63, 3.8) is 0 Å². The van der Waals surface area contributed by atoms with Crippen LogP contribution in [0, 0.1) is 13.8 Å². The Kier molecular flexibility index (Phi) is 4.95. The molecule has 1 N–H and O–H groups in total. The zero-order chi connectivity index (χ0) is 16.3. The Labute approximate surface area is 130 Å². The lowest BCUT2D eigenvalue weighted by molar-refractivity contribution is -0.121. The fourth-order valence-electron chi connectivity index (χ4n) is 2.65. The van der Waals surface area contributed by atoms with Crippen molar-refractivity contribution in [3.05, 3.63) is 29.1 Å². The van der Waals surface area contributed by atoms with Crippen LogP contribution in [0.3, 0.4) is 0 Å². The summed E-state index contributed by atoms with van der Waals surface area (Å²) in [7, 11) is 3.76. The smallest absolute Gasteiger partial charge is 0.220 e. The van der Waals surface area contributed by atoms with Crippen LogP contribution in [-0.2, 0) is 25.3 Å². The van der Waals surface area contributed by atoms with E-state index in [2.05, 4.69) is 20.5 Å². The normalized spacial score (nSPS) is 12.4. The molecule has 1 atom stereocenters. The molecule has 0 aliphatic carbocycles. The molecular weight excluding hydrogens is 280 g/mol. The van der Waals surface area contributed by atoms with Gasteiger partial charge in [0.15, 0.2) is 0 Å². The summed E-state index contributed by atoms with van der Waals surface area (Å²) in [4.78, 5) is 16.4. The van der Waals surface area contributed by atoms with E-state index in [0.717, 1.165) is 29.2 Å². The highest BCUT2D eigenvalue weighted by Crippen LogP contribution is 2.16. The van der Waals surface area contributed by atoms with E-state index in [-0.39, 0.29) is 11.9 Å². The quantitative estimate of drug-likeness (QED) is 0.874. The van der Waals surface area contributed by atoms with Crippen molar-refractivity contribution >= 4 is 5.91 Å². The summed E-state index contributed by atoms with van der Waals surface area (Å²) < 4.78 is 3.56. The molecule has 0 saturated heterocycles. The summed E-state index contributed by atoms with van der Waals surface area (Å²) in [6, 6.07) is -0.101. The minimum Gasteiger partial charge on any atom is -0.346 e. The summed E-state index contributed by atoms with van der Waals surface area (Å²) in [5.74, 6) is 0.807. The van der Waals surface area contributed by atoms with E-state index in [1.165, 1.54) is 6.33 Å². The zero-order valence-corrected chi connectivity index (χ0v) is 13.9. The molecule has 0 spiro atoms. The van der Waals surface area contributed by atoms with Gasteiger partial charge in [-0.25, -0.2) is 4.98 Å². The lowest BCUT2D eigenvalue weighted by Crippen LogP contribution is -2.30. The maximum absolute atomic E-state index is 12.2. The first kappa shape index (κ1) is 16.2. The molecule has 7 heteroatoms. The third-order valence-electron chi connectivity index (χ3n) is 4.06. The first-order valence-corrected chi connectivity index (χ1v) is 7.56. The van der Waals surface area contributed by atoms with Crippen LogP contribution in [0.25, 0.3) is 0 Å². The first-order chi connectivity index (χ1) is 10.4. The van der Waals surface area contributed by atoms with Crippen LogP contribution < -0.4 is 5.32 Å². The second-order valence-corrected chi connectivity index (χ2v) is 5.54. The van der Waals surface area contributed by atoms with E-state index < -0.39 is 0 Å². The van der Waals surface area contributed by atoms with Crippen LogP contribution in [0.2, 0.25) is 0 Å². The molecule has 7 nitrogen and oxygen atoms in total. The minimum absolute atomic E-state index is 0.0255. The van der Waals surface area contributed by atoms with Crippen LogP contribution in [-0.4, -0.2) is 30.5 Å². The van der Waals surface area contributed by atoms with Gasteiger partial charge in [-0.2, -0.15) is 10.2 Å². The molecule has 22 heavy (non-hydrogen) atoms. The Hall–Kier alpha value is -2.18. The first-order valence-electron chi connectivity index (χ1n) is 7.56. The molecule has 2 heterocycles. The van der Waals surface area contributed by atoms with E-state index in [1.807, 2.05) is 39.5 Å². The summed E-state index contributed by atoms with van der Waals surface area (Å²) >= 11 is 0. The van der Waals surface area contributed by atoms with Crippen molar-refractivity contribution in [1.82, 2.24) is 29.9 Å². The largest absolute Gasteiger partial charge is 0.346 e. The van der Waals surface area contributed by atoms with Crippen molar-refractivity contribution in [3.8, 4) is 0 Å². The van der Waals surface area contributed by atoms with Crippen LogP contribution >= 0.6 is 0 Å². The number of amides is 1. The van der Waals surface area contributed by atoms with E-state index >= 15 is 0 Å². The van der Waals surface area contributed by atoms with Crippen molar-refractivity contribution in [1.29, 1.82) is 0 Å². The van der Waals surface area contributed by atoms with E-state index in [1.54, 1.807) is 4.68 Å². The average molecular weight is 304 g/mol. The topological polar surface area (TPSA) is 77.6 Å². The number of nitrogens with one attached hydrogen (secondary N) is 1. The highest BCUT2D eigenvalue weighted by molar-refractivity contribution is 5.76. The maximum Gasteiger partial charge on any atom is 0.220 e. The SMILES string of the molecule is CC[C@H](NC(=O)CCc1c(C)nn(C)c1C)c1ncnn1C. The molecule has 120 valence electrons. The van der Waals surface area contributed by atoms with Gasteiger partial charge in [0.25, 0.3) is 0 Å². The molecule has 0 aliphatic rings. The Bertz CT molecular complexity index is 657. The zero-order valence-electron chi connectivity index (χ0n) is 13.9. The molecule has 0 radical (unpaired) electrons. The van der Waals surface area contributed by atoms with E-state index in [4.69, 9.17) is 0 Å². The number of carbonyl (C=O) groups is 1. The molecule has 0 saturated carbocycles. The van der Waals surface area contributed by atoms with Crippen molar-refractivity contribution < 1.29 is 4.79 Å². The summed E-state index contributed by atoms with van der Waals surface area (Å²) in [6.07, 6.45) is 3.43. The van der Waals surface area contributed by atoms with Gasteiger partial charge < -0.3 is 5.32 Å². The molecule has 0 aliphatic heterocycles. The maximum atomic E-state index is 12.2. The number of nitrogens with zero attached hydrogens (tertiary/aromatic N) is 5. The fraction of sp³-hybridized carbons (Fsp3) is 0.600. The molecule has 2 rings (SSSR count). The lowest BCUT2D eigenvalue weighted by Gasteiger charge is -2.16. The molecule has 0 aromatic carbocycles. The van der Waals surface area contributed by atoms with Gasteiger partial charge in [0.2, 0.25) is 5.91 Å². The Morgan fingerprint density at radius 1 is 1.32 bits per heavy atom. The number of hydrogen-bond acceptors (Lipinski definition) is 4. The monoisotopic (exact) mass is 304 g/mol. The van der Waals surface area contributed by atoms with Crippen LogP contribution in [0.5, 0.6) is 0 Å². The van der Waals surface area contributed by atoms with Gasteiger partial charge in [0, 0.05) is 26.2 Å². The van der Waals surface area contributed by atoms with Gasteiger partial charge in [-0.1, -0.05) is 6.92 Å². The Morgan fingerprint density at radius 3 is 2.55 bits per heavy atom. The van der Waals surface area contributed by atoms with Crippen LogP contribution in [0.1, 0.15) is 48.6 Å². The Morgan fingerprint density at radius 2 is 2.05 bits per heavy atom. The van der Waals surface area contributed by atoms with E-state index in [9.17, 15) is 4.79 Å². The number of carbonyl (C=O) groups excluding carboxylic acids is 1. The number of aromatic nitrogens is 5. The summed E-state index contributed by atoms with van der Waals surface area (Å²) in [5, 5.41) is 11.5. The van der Waals surface area contributed by atoms with Crippen molar-refractivity contribution in [2.24, 2.45) is 14.1 Å². The Balaban J connectivity index is 1.96. The molecule has 2 aromatic rings. The number of hydrogen-bond donors (Lipinski definition) is 1. The molecule has 2 aromatic heterocycles. The summed E-state index contributed by atoms with van der Waals surface area (Å²) in [6.45, 7) is 6.03. The minimum atomic E-state index is -0.101. The van der Waals surface area contributed by atoms with Gasteiger partial charge in [-0.05, 0) is 32.3 Å². The predicted octanol–water partition coefficient (Wildman–Crippen LogP) is 1.37. The van der Waals surface area contributed by atoms with Crippen LogP contribution in [0.15, 0.2) is 6.33 Å². The van der Waals surface area contributed by atoms with E-state index in [0.29, 0.717) is 12.8 Å². The van der Waals surface area contributed by atoms with Gasteiger partial charge in [-0.15, -0.1) is 0 Å². The van der Waals surface area contributed by atoms with Gasteiger partial charge in [0.05, 0.1) is 11.7 Å². The number of aryl methyl sites for hydroxylation is 3. The molecular formula is C15H24N6O.